The molecule has 1 aliphatic rings. The van der Waals surface area contributed by atoms with Crippen LogP contribution in [0.1, 0.15) is 32.1 Å². The van der Waals surface area contributed by atoms with Gasteiger partial charge in [0.1, 0.15) is 4.66 Å². The fourth-order valence-corrected chi connectivity index (χ4v) is 2.75. The first-order chi connectivity index (χ1) is 6.14. The van der Waals surface area contributed by atoms with Crippen molar-refractivity contribution >= 4 is 26.0 Å². The Labute approximate surface area is 88.5 Å². The summed E-state index contributed by atoms with van der Waals surface area (Å²) in [6.07, 6.45) is 6.17. The van der Waals surface area contributed by atoms with Crippen LogP contribution in [0, 0.1) is 5.92 Å². The van der Waals surface area contributed by atoms with Crippen molar-refractivity contribution in [2.24, 2.45) is 5.92 Å². The first kappa shape index (κ1) is 11.5. The lowest BCUT2D eigenvalue weighted by molar-refractivity contribution is 0.496. The van der Waals surface area contributed by atoms with Crippen molar-refractivity contribution in [1.29, 1.82) is 0 Å². The number of nitrogens with one attached hydrogen (secondary N) is 1. The molecular formula is C8H16BrNO2S. The molecule has 78 valence electrons. The topological polar surface area (TPSA) is 46.2 Å². The predicted octanol–water partition coefficient (Wildman–Crippen LogP) is 1.84. The summed E-state index contributed by atoms with van der Waals surface area (Å²) in [6.45, 7) is 0.596. The third kappa shape index (κ3) is 4.42. The first-order valence-electron chi connectivity index (χ1n) is 4.67. The molecule has 0 atom stereocenters. The number of rotatable bonds is 5. The number of hydrogen-bond donors (Lipinski definition) is 1. The van der Waals surface area contributed by atoms with Crippen molar-refractivity contribution in [3.63, 3.8) is 0 Å². The highest BCUT2D eigenvalue weighted by Gasteiger charge is 2.15. The molecule has 0 amide bonds. The molecule has 0 radical (unpaired) electrons. The van der Waals surface area contributed by atoms with E-state index in [4.69, 9.17) is 0 Å². The predicted molar refractivity (Wildman–Crippen MR) is 57.3 cm³/mol. The number of hydrogen-bond acceptors (Lipinski definition) is 2. The summed E-state index contributed by atoms with van der Waals surface area (Å²) in [5.74, 6) is 0.748. The molecule has 1 rings (SSSR count). The van der Waals surface area contributed by atoms with Gasteiger partial charge >= 0.3 is 0 Å². The second-order valence-electron chi connectivity index (χ2n) is 3.56. The third-order valence-corrected chi connectivity index (χ3v) is 5.23. The molecule has 0 bridgehead atoms. The summed E-state index contributed by atoms with van der Waals surface area (Å²) in [6, 6.07) is 0. The van der Waals surface area contributed by atoms with Gasteiger partial charge in [-0.25, -0.2) is 13.1 Å². The molecule has 0 spiro atoms. The van der Waals surface area contributed by atoms with Crippen LogP contribution in [0.2, 0.25) is 0 Å². The minimum absolute atomic E-state index is 0.00463. The lowest BCUT2D eigenvalue weighted by atomic mass is 10.1. The molecule has 0 unspecified atom stereocenters. The van der Waals surface area contributed by atoms with E-state index in [1.807, 2.05) is 0 Å². The van der Waals surface area contributed by atoms with Crippen LogP contribution in [0.15, 0.2) is 0 Å². The maximum atomic E-state index is 11.0. The Morgan fingerprint density at radius 3 is 2.46 bits per heavy atom. The zero-order valence-electron chi connectivity index (χ0n) is 7.63. The van der Waals surface area contributed by atoms with E-state index < -0.39 is 10.0 Å². The highest BCUT2D eigenvalue weighted by Crippen LogP contribution is 2.26. The van der Waals surface area contributed by atoms with Crippen LogP contribution in [0.3, 0.4) is 0 Å². The van der Waals surface area contributed by atoms with Crippen molar-refractivity contribution < 1.29 is 8.42 Å². The molecule has 1 N–H and O–H groups in total. The van der Waals surface area contributed by atoms with E-state index in [0.717, 1.165) is 12.3 Å². The van der Waals surface area contributed by atoms with Crippen molar-refractivity contribution in [3.05, 3.63) is 0 Å². The normalized spacial score (nSPS) is 19.5. The minimum atomic E-state index is -3.04. The second kappa shape index (κ2) is 5.32. The molecular weight excluding hydrogens is 254 g/mol. The van der Waals surface area contributed by atoms with Gasteiger partial charge in [0.15, 0.2) is 0 Å². The molecule has 0 aromatic rings. The molecule has 0 heterocycles. The summed E-state index contributed by atoms with van der Waals surface area (Å²) in [5.41, 5.74) is 0. The van der Waals surface area contributed by atoms with Crippen LogP contribution in [-0.4, -0.2) is 19.6 Å². The molecule has 1 aliphatic carbocycles. The summed E-state index contributed by atoms with van der Waals surface area (Å²) in [4.78, 5) is 0. The molecule has 5 heteroatoms. The summed E-state index contributed by atoms with van der Waals surface area (Å²) < 4.78 is 24.6. The summed E-state index contributed by atoms with van der Waals surface area (Å²) >= 11 is 2.93. The van der Waals surface area contributed by atoms with Crippen molar-refractivity contribution in [1.82, 2.24) is 4.72 Å². The third-order valence-electron chi connectivity index (χ3n) is 2.49. The van der Waals surface area contributed by atoms with Crippen LogP contribution in [0.4, 0.5) is 0 Å². The lowest BCUT2D eigenvalue weighted by Crippen LogP contribution is -2.26. The highest BCUT2D eigenvalue weighted by atomic mass is 79.9. The van der Waals surface area contributed by atoms with Gasteiger partial charge in [-0.3, -0.25) is 0 Å². The molecule has 0 aromatic heterocycles. The number of halogens is 1. The Kier molecular flexibility index (Phi) is 4.69. The molecule has 3 nitrogen and oxygen atoms in total. The van der Waals surface area contributed by atoms with E-state index in [0.29, 0.717) is 6.54 Å². The van der Waals surface area contributed by atoms with Crippen molar-refractivity contribution in [2.45, 2.75) is 32.1 Å². The van der Waals surface area contributed by atoms with Crippen LogP contribution < -0.4 is 4.72 Å². The van der Waals surface area contributed by atoms with Gasteiger partial charge in [0.25, 0.3) is 0 Å². The Morgan fingerprint density at radius 1 is 1.31 bits per heavy atom. The molecule has 0 aliphatic heterocycles. The average molecular weight is 270 g/mol. The van der Waals surface area contributed by atoms with E-state index in [1.165, 1.54) is 25.7 Å². The largest absolute Gasteiger partial charge is 0.221 e. The zero-order valence-corrected chi connectivity index (χ0v) is 10.0. The maximum absolute atomic E-state index is 11.0. The van der Waals surface area contributed by atoms with Crippen LogP contribution in [0.25, 0.3) is 0 Å². The van der Waals surface area contributed by atoms with Crippen LogP contribution in [-0.2, 0) is 10.0 Å². The van der Waals surface area contributed by atoms with E-state index in [9.17, 15) is 8.42 Å². The van der Waals surface area contributed by atoms with Gasteiger partial charge in [-0.05, 0) is 12.3 Å². The van der Waals surface area contributed by atoms with Crippen molar-refractivity contribution in [3.8, 4) is 0 Å². The van der Waals surface area contributed by atoms with Crippen LogP contribution in [0.5, 0.6) is 0 Å². The Bertz CT molecular complexity index is 235. The smallest absolute Gasteiger partial charge is 0.214 e. The van der Waals surface area contributed by atoms with E-state index >= 15 is 0 Å². The van der Waals surface area contributed by atoms with Gasteiger partial charge in [0.2, 0.25) is 10.0 Å². The Balaban J connectivity index is 2.13. The van der Waals surface area contributed by atoms with Gasteiger partial charge in [-0.1, -0.05) is 41.6 Å². The van der Waals surface area contributed by atoms with Gasteiger partial charge in [0.05, 0.1) is 0 Å². The first-order valence-corrected chi connectivity index (χ1v) is 7.45. The van der Waals surface area contributed by atoms with E-state index in [-0.39, 0.29) is 4.66 Å². The quantitative estimate of drug-likeness (QED) is 0.775. The zero-order chi connectivity index (χ0) is 9.73. The Hall–Kier alpha value is 0.390. The standard InChI is InChI=1S/C8H16BrNO2S/c9-7-13(11,12)10-6-5-8-3-1-2-4-8/h8,10H,1-7H2. The SMILES string of the molecule is O=S(=O)(CBr)NCCC1CCCC1. The van der Waals surface area contributed by atoms with Crippen molar-refractivity contribution in [2.75, 3.05) is 11.2 Å². The summed E-state index contributed by atoms with van der Waals surface area (Å²) in [7, 11) is -3.04. The number of alkyl halides is 1. The molecule has 1 fully saturated rings. The second-order valence-corrected chi connectivity index (χ2v) is 6.67. The van der Waals surface area contributed by atoms with Gasteiger partial charge in [0, 0.05) is 6.54 Å². The highest BCUT2D eigenvalue weighted by molar-refractivity contribution is 9.10. The van der Waals surface area contributed by atoms with Gasteiger partial charge in [-0.2, -0.15) is 0 Å². The molecule has 1 saturated carbocycles. The Morgan fingerprint density at radius 2 is 1.92 bits per heavy atom. The van der Waals surface area contributed by atoms with Gasteiger partial charge in [-0.15, -0.1) is 0 Å². The number of sulfonamides is 1. The van der Waals surface area contributed by atoms with E-state index in [2.05, 4.69) is 20.7 Å². The fraction of sp³-hybridized carbons (Fsp3) is 1.00. The van der Waals surface area contributed by atoms with E-state index in [1.54, 1.807) is 0 Å². The summed E-state index contributed by atoms with van der Waals surface area (Å²) in [5, 5.41) is 0. The molecule has 0 saturated heterocycles. The monoisotopic (exact) mass is 269 g/mol. The minimum Gasteiger partial charge on any atom is -0.214 e. The molecule has 13 heavy (non-hydrogen) atoms. The maximum Gasteiger partial charge on any atom is 0.221 e. The lowest BCUT2D eigenvalue weighted by Gasteiger charge is -2.08. The molecule has 0 aromatic carbocycles. The average Bonchev–Trinajstić information content (AvgIpc) is 2.57. The van der Waals surface area contributed by atoms with Crippen LogP contribution >= 0.6 is 15.9 Å². The fourth-order valence-electron chi connectivity index (χ4n) is 1.76. The van der Waals surface area contributed by atoms with Gasteiger partial charge < -0.3 is 0 Å².